The minimum absolute atomic E-state index is 0.109. The van der Waals surface area contributed by atoms with Crippen LogP contribution in [0.1, 0.15) is 168 Å². The highest BCUT2D eigenvalue weighted by atomic mass is 16.7. The third kappa shape index (κ3) is 33.6. The van der Waals surface area contributed by atoms with Gasteiger partial charge in [-0.1, -0.05) is 169 Å². The van der Waals surface area contributed by atoms with Crippen LogP contribution in [0.5, 0.6) is 0 Å². The fourth-order valence-corrected chi connectivity index (χ4v) is 6.71. The molecule has 0 amide bonds. The van der Waals surface area contributed by atoms with E-state index in [9.17, 15) is 25.2 Å². The van der Waals surface area contributed by atoms with Gasteiger partial charge in [0.1, 0.15) is 30.5 Å². The van der Waals surface area contributed by atoms with Crippen molar-refractivity contribution < 1.29 is 44.2 Å². The third-order valence-electron chi connectivity index (χ3n) is 10.5. The van der Waals surface area contributed by atoms with E-state index in [0.29, 0.717) is 13.0 Å². The summed E-state index contributed by atoms with van der Waals surface area (Å²) >= 11 is 0. The Morgan fingerprint density at radius 1 is 0.532 bits per heavy atom. The summed E-state index contributed by atoms with van der Waals surface area (Å²) in [5.41, 5.74) is 0. The molecule has 354 valence electrons. The van der Waals surface area contributed by atoms with E-state index in [2.05, 4.69) is 111 Å². The standard InChI is InChI=1S/C53H88O9/c1-3-5-7-9-11-13-15-17-19-21-22-23-24-25-27-29-31-33-35-37-39-41-43-59-45-47(46-60-53-52(58)51(57)50(56)48(44-54)62-53)61-49(55)42-40-38-36-34-32-30-28-26-20-18-16-14-12-10-8-6-4-2/h6,8,12,14-15,17-18,20-22,24-25,28,30,34,36,47-48,50-54,56-58H,3-5,7,9-11,13,16,19,23,26-27,29,31-33,35,37-46H2,1-2H3/b8-6-,14-12-,17-15-,20-18-,22-21-,25-24-,30-28-,36-34-. The quantitative estimate of drug-likeness (QED) is 0.0270. The first-order chi connectivity index (χ1) is 30.4. The van der Waals surface area contributed by atoms with Crippen LogP contribution in [-0.4, -0.2) is 89.6 Å². The van der Waals surface area contributed by atoms with E-state index in [1.54, 1.807) is 0 Å². The molecule has 6 atom stereocenters. The highest BCUT2D eigenvalue weighted by molar-refractivity contribution is 5.69. The fraction of sp³-hybridized carbons (Fsp3) is 0.679. The summed E-state index contributed by atoms with van der Waals surface area (Å²) in [5, 5.41) is 40.2. The summed E-state index contributed by atoms with van der Waals surface area (Å²) in [6.45, 7) is 4.32. The number of aliphatic hydroxyl groups excluding tert-OH is 4. The van der Waals surface area contributed by atoms with Gasteiger partial charge in [-0.05, 0) is 89.9 Å². The van der Waals surface area contributed by atoms with E-state index in [1.807, 2.05) is 0 Å². The van der Waals surface area contributed by atoms with Gasteiger partial charge in [-0.15, -0.1) is 0 Å². The van der Waals surface area contributed by atoms with Gasteiger partial charge in [0, 0.05) is 13.0 Å². The molecule has 4 N–H and O–H groups in total. The number of aliphatic hydroxyl groups is 4. The fourth-order valence-electron chi connectivity index (χ4n) is 6.71. The van der Waals surface area contributed by atoms with Crippen molar-refractivity contribution in [2.24, 2.45) is 0 Å². The molecular weight excluding hydrogens is 781 g/mol. The molecule has 1 aliphatic heterocycles. The van der Waals surface area contributed by atoms with Crippen LogP contribution in [0.25, 0.3) is 0 Å². The van der Waals surface area contributed by atoms with Gasteiger partial charge in [0.05, 0.1) is 19.8 Å². The summed E-state index contributed by atoms with van der Waals surface area (Å²) in [4.78, 5) is 12.8. The van der Waals surface area contributed by atoms with E-state index in [1.165, 1.54) is 64.2 Å². The molecule has 0 aromatic rings. The van der Waals surface area contributed by atoms with Crippen molar-refractivity contribution in [3.05, 3.63) is 97.2 Å². The Morgan fingerprint density at radius 3 is 1.48 bits per heavy atom. The van der Waals surface area contributed by atoms with Gasteiger partial charge in [-0.25, -0.2) is 0 Å². The molecular formula is C53H88O9. The first kappa shape index (κ1) is 57.1. The zero-order valence-corrected chi connectivity index (χ0v) is 38.8. The topological polar surface area (TPSA) is 135 Å². The summed E-state index contributed by atoms with van der Waals surface area (Å²) < 4.78 is 22.8. The second kappa shape index (κ2) is 43.4. The second-order valence-corrected chi connectivity index (χ2v) is 16.2. The molecule has 1 rings (SSSR count). The molecule has 0 aromatic carbocycles. The van der Waals surface area contributed by atoms with E-state index < -0.39 is 43.4 Å². The first-order valence-electron chi connectivity index (χ1n) is 24.3. The van der Waals surface area contributed by atoms with E-state index >= 15 is 0 Å². The van der Waals surface area contributed by atoms with Crippen molar-refractivity contribution >= 4 is 5.97 Å². The van der Waals surface area contributed by atoms with Gasteiger partial charge < -0.3 is 39.4 Å². The predicted molar refractivity (Wildman–Crippen MR) is 256 cm³/mol. The lowest BCUT2D eigenvalue weighted by molar-refractivity contribution is -0.305. The first-order valence-corrected chi connectivity index (χ1v) is 24.3. The van der Waals surface area contributed by atoms with Gasteiger partial charge in [0.15, 0.2) is 6.29 Å². The maximum atomic E-state index is 12.8. The molecule has 0 spiro atoms. The molecule has 62 heavy (non-hydrogen) atoms. The van der Waals surface area contributed by atoms with Gasteiger partial charge >= 0.3 is 5.97 Å². The predicted octanol–water partition coefficient (Wildman–Crippen LogP) is 11.6. The number of rotatable bonds is 40. The molecule has 1 fully saturated rings. The number of hydrogen-bond acceptors (Lipinski definition) is 9. The van der Waals surface area contributed by atoms with Crippen LogP contribution in [-0.2, 0) is 23.7 Å². The van der Waals surface area contributed by atoms with Crippen LogP contribution in [0.2, 0.25) is 0 Å². The lowest BCUT2D eigenvalue weighted by Crippen LogP contribution is -2.59. The zero-order valence-electron chi connectivity index (χ0n) is 38.8. The maximum Gasteiger partial charge on any atom is 0.306 e. The van der Waals surface area contributed by atoms with E-state index in [0.717, 1.165) is 77.0 Å². The van der Waals surface area contributed by atoms with Crippen LogP contribution in [0, 0.1) is 0 Å². The highest BCUT2D eigenvalue weighted by Gasteiger charge is 2.44. The SMILES string of the molecule is CC/C=C\C/C=C\C/C=C\C/C=C\C/C=C\CCCC(=O)OC(COCCCCCCCCC/C=C\C/C=C\C/C=C\CCCCCCC)COC1OC(CO)C(O)C(O)C1O. The number of esters is 1. The van der Waals surface area contributed by atoms with Gasteiger partial charge in [-0.2, -0.15) is 0 Å². The molecule has 1 saturated heterocycles. The van der Waals surface area contributed by atoms with Crippen LogP contribution >= 0.6 is 0 Å². The molecule has 6 unspecified atom stereocenters. The monoisotopic (exact) mass is 869 g/mol. The van der Waals surface area contributed by atoms with Crippen LogP contribution in [0.15, 0.2) is 97.2 Å². The molecule has 0 saturated carbocycles. The Balaban J connectivity index is 2.29. The van der Waals surface area contributed by atoms with Crippen LogP contribution < -0.4 is 0 Å². The minimum Gasteiger partial charge on any atom is -0.457 e. The normalized spacial score (nSPS) is 20.6. The van der Waals surface area contributed by atoms with Gasteiger partial charge in [-0.3, -0.25) is 4.79 Å². The second-order valence-electron chi connectivity index (χ2n) is 16.2. The lowest BCUT2D eigenvalue weighted by Gasteiger charge is -2.39. The van der Waals surface area contributed by atoms with Crippen molar-refractivity contribution in [2.75, 3.05) is 26.4 Å². The molecule has 0 aromatic heterocycles. The third-order valence-corrected chi connectivity index (χ3v) is 10.5. The number of ether oxygens (including phenoxy) is 4. The Hall–Kier alpha value is -2.89. The zero-order chi connectivity index (χ0) is 45.0. The summed E-state index contributed by atoms with van der Waals surface area (Å²) in [5.74, 6) is -0.377. The molecule has 0 radical (unpaired) electrons. The van der Waals surface area contributed by atoms with Crippen molar-refractivity contribution in [3.8, 4) is 0 Å². The summed E-state index contributed by atoms with van der Waals surface area (Å²) in [6, 6.07) is 0. The van der Waals surface area contributed by atoms with Crippen molar-refractivity contribution in [3.63, 3.8) is 0 Å². The van der Waals surface area contributed by atoms with Gasteiger partial charge in [0.25, 0.3) is 0 Å². The number of allylic oxidation sites excluding steroid dienone is 16. The number of hydrogen-bond donors (Lipinski definition) is 4. The van der Waals surface area contributed by atoms with Crippen LogP contribution in [0.3, 0.4) is 0 Å². The van der Waals surface area contributed by atoms with Crippen molar-refractivity contribution in [1.82, 2.24) is 0 Å². The van der Waals surface area contributed by atoms with E-state index in [-0.39, 0.29) is 25.6 Å². The Kier molecular flexibility index (Phi) is 40.0. The molecule has 1 aliphatic rings. The molecule has 1 heterocycles. The number of unbranched alkanes of at least 4 members (excludes halogenated alkanes) is 13. The Bertz CT molecular complexity index is 1260. The van der Waals surface area contributed by atoms with Crippen molar-refractivity contribution in [1.29, 1.82) is 0 Å². The van der Waals surface area contributed by atoms with Gasteiger partial charge in [0.2, 0.25) is 0 Å². The molecule has 0 bridgehead atoms. The van der Waals surface area contributed by atoms with Crippen LogP contribution in [0.4, 0.5) is 0 Å². The molecule has 9 nitrogen and oxygen atoms in total. The smallest absolute Gasteiger partial charge is 0.306 e. The molecule has 9 heteroatoms. The maximum absolute atomic E-state index is 12.8. The highest BCUT2D eigenvalue weighted by Crippen LogP contribution is 2.22. The lowest BCUT2D eigenvalue weighted by atomic mass is 9.99. The summed E-state index contributed by atoms with van der Waals surface area (Å²) in [7, 11) is 0. The average molecular weight is 869 g/mol. The number of carbonyl (C=O) groups is 1. The molecule has 0 aliphatic carbocycles. The van der Waals surface area contributed by atoms with E-state index in [4.69, 9.17) is 18.9 Å². The van der Waals surface area contributed by atoms with Crippen molar-refractivity contribution in [2.45, 2.75) is 205 Å². The average Bonchev–Trinajstić information content (AvgIpc) is 3.27. The minimum atomic E-state index is -1.55. The number of carbonyl (C=O) groups excluding carboxylic acids is 1. The Morgan fingerprint density at radius 2 is 0.984 bits per heavy atom. The Labute approximate surface area is 377 Å². The largest absolute Gasteiger partial charge is 0.457 e. The summed E-state index contributed by atoms with van der Waals surface area (Å²) in [6.07, 6.45) is 53.0.